The third-order valence-electron chi connectivity index (χ3n) is 2.24. The molecule has 0 saturated heterocycles. The van der Waals surface area contributed by atoms with E-state index in [4.69, 9.17) is 5.26 Å². The molecule has 5 nitrogen and oxygen atoms in total. The van der Waals surface area contributed by atoms with Crippen LogP contribution < -0.4 is 0 Å². The van der Waals surface area contributed by atoms with Crippen molar-refractivity contribution in [2.24, 2.45) is 7.05 Å². The summed E-state index contributed by atoms with van der Waals surface area (Å²) in [5.41, 5.74) is 0.899. The third kappa shape index (κ3) is 2.61. The molecule has 0 aromatic carbocycles. The first kappa shape index (κ1) is 12.3. The van der Waals surface area contributed by atoms with Crippen molar-refractivity contribution in [1.29, 1.82) is 5.26 Å². The molecule has 1 aromatic rings. The van der Waals surface area contributed by atoms with Gasteiger partial charge in [0.25, 0.3) is 5.91 Å². The molecule has 0 aliphatic heterocycles. The van der Waals surface area contributed by atoms with Crippen molar-refractivity contribution in [3.63, 3.8) is 0 Å². The fourth-order valence-corrected chi connectivity index (χ4v) is 1.51. The first-order chi connectivity index (χ1) is 7.45. The van der Waals surface area contributed by atoms with Gasteiger partial charge in [0.2, 0.25) is 0 Å². The smallest absolute Gasteiger partial charge is 0.270 e. The number of hydrogen-bond acceptors (Lipinski definition) is 3. The van der Waals surface area contributed by atoms with Crippen LogP contribution in [0, 0.1) is 11.3 Å². The van der Waals surface area contributed by atoms with Crippen LogP contribution in [0.15, 0.2) is 12.3 Å². The number of carbonyl (C=O) groups is 1. The van der Waals surface area contributed by atoms with Gasteiger partial charge in [-0.1, -0.05) is 0 Å². The molecule has 0 fully saturated rings. The predicted molar refractivity (Wildman–Crippen MR) is 58.8 cm³/mol. The third-order valence-corrected chi connectivity index (χ3v) is 2.24. The van der Waals surface area contributed by atoms with Crippen LogP contribution in [0.1, 0.15) is 23.0 Å². The van der Waals surface area contributed by atoms with E-state index < -0.39 is 6.10 Å². The molecule has 0 bridgehead atoms. The predicted octanol–water partition coefficient (Wildman–Crippen LogP) is 0.350. The molecule has 0 aliphatic carbocycles. The van der Waals surface area contributed by atoms with E-state index in [0.717, 1.165) is 0 Å². The van der Waals surface area contributed by atoms with Crippen molar-refractivity contribution in [3.05, 3.63) is 23.5 Å². The number of aromatic nitrogens is 1. The molecule has 1 unspecified atom stereocenters. The van der Waals surface area contributed by atoms with E-state index in [-0.39, 0.29) is 12.5 Å². The minimum Gasteiger partial charge on any atom is -0.392 e. The van der Waals surface area contributed by atoms with Crippen molar-refractivity contribution in [1.82, 2.24) is 9.47 Å². The summed E-state index contributed by atoms with van der Waals surface area (Å²) in [6.07, 6.45) is 1.04. The summed E-state index contributed by atoms with van der Waals surface area (Å²) in [5.74, 6) is -0.204. The van der Waals surface area contributed by atoms with E-state index in [0.29, 0.717) is 11.3 Å². The number of aliphatic hydroxyl groups is 1. The Hall–Kier alpha value is -1.80. The van der Waals surface area contributed by atoms with Crippen molar-refractivity contribution >= 4 is 5.91 Å². The van der Waals surface area contributed by atoms with Gasteiger partial charge in [-0.2, -0.15) is 5.26 Å². The molecule has 1 N–H and O–H groups in total. The van der Waals surface area contributed by atoms with Gasteiger partial charge in [0.1, 0.15) is 11.8 Å². The molecule has 16 heavy (non-hydrogen) atoms. The van der Waals surface area contributed by atoms with Gasteiger partial charge in [-0.25, -0.2) is 0 Å². The molecule has 1 rings (SSSR count). The molecular weight excluding hydrogens is 206 g/mol. The Kier molecular flexibility index (Phi) is 3.69. The minimum absolute atomic E-state index is 0.204. The maximum absolute atomic E-state index is 11.9. The fourth-order valence-electron chi connectivity index (χ4n) is 1.51. The van der Waals surface area contributed by atoms with Crippen LogP contribution in [0.5, 0.6) is 0 Å². The first-order valence-corrected chi connectivity index (χ1v) is 4.95. The van der Waals surface area contributed by atoms with Crippen molar-refractivity contribution < 1.29 is 9.90 Å². The van der Waals surface area contributed by atoms with E-state index in [1.807, 2.05) is 6.07 Å². The summed E-state index contributed by atoms with van der Waals surface area (Å²) in [6.45, 7) is 1.89. The highest BCUT2D eigenvalue weighted by atomic mass is 16.3. The zero-order valence-electron chi connectivity index (χ0n) is 9.64. The number of likely N-dealkylation sites (N-methyl/N-ethyl adjacent to an activating group) is 1. The molecule has 1 heterocycles. The summed E-state index contributed by atoms with van der Waals surface area (Å²) in [5, 5.41) is 17.9. The standard InChI is InChI=1S/C11H15N3O2/c1-8(15)6-14(3)11(16)10-4-9(5-12)7-13(10)2/h4,7-8,15H,6H2,1-3H3. The molecule has 86 valence electrons. The summed E-state index contributed by atoms with van der Waals surface area (Å²) in [7, 11) is 3.33. The molecule has 1 amide bonds. The SMILES string of the molecule is CC(O)CN(C)C(=O)c1cc(C#N)cn1C. The quantitative estimate of drug-likeness (QED) is 0.800. The lowest BCUT2D eigenvalue weighted by molar-refractivity contribution is 0.0694. The number of aliphatic hydroxyl groups excluding tert-OH is 1. The van der Waals surface area contributed by atoms with Gasteiger partial charge >= 0.3 is 0 Å². The first-order valence-electron chi connectivity index (χ1n) is 4.95. The fraction of sp³-hybridized carbons (Fsp3) is 0.455. The molecule has 0 radical (unpaired) electrons. The number of hydrogen-bond donors (Lipinski definition) is 1. The second-order valence-corrected chi connectivity index (χ2v) is 3.87. The van der Waals surface area contributed by atoms with Gasteiger partial charge < -0.3 is 14.6 Å². The number of amides is 1. The summed E-state index contributed by atoms with van der Waals surface area (Å²) < 4.78 is 1.61. The molecule has 0 spiro atoms. The topological polar surface area (TPSA) is 69.3 Å². The van der Waals surface area contributed by atoms with Gasteiger partial charge in [-0.05, 0) is 13.0 Å². The van der Waals surface area contributed by atoms with Crippen LogP contribution in [0.2, 0.25) is 0 Å². The highest BCUT2D eigenvalue weighted by Gasteiger charge is 2.17. The lowest BCUT2D eigenvalue weighted by Gasteiger charge is -2.18. The average Bonchev–Trinajstić information content (AvgIpc) is 2.57. The van der Waals surface area contributed by atoms with E-state index in [2.05, 4.69) is 0 Å². The molecule has 0 aliphatic rings. The summed E-state index contributed by atoms with van der Waals surface area (Å²) in [6, 6.07) is 3.52. The molecule has 1 atom stereocenters. The van der Waals surface area contributed by atoms with Gasteiger partial charge in [0, 0.05) is 26.8 Å². The number of nitrogens with zero attached hydrogens (tertiary/aromatic N) is 3. The lowest BCUT2D eigenvalue weighted by atomic mass is 10.3. The number of rotatable bonds is 3. The number of nitriles is 1. The largest absolute Gasteiger partial charge is 0.392 e. The molecule has 1 aromatic heterocycles. The van der Waals surface area contributed by atoms with Crippen LogP contribution in [0.25, 0.3) is 0 Å². The van der Waals surface area contributed by atoms with E-state index in [1.54, 1.807) is 37.8 Å². The van der Waals surface area contributed by atoms with E-state index in [9.17, 15) is 9.90 Å². The zero-order chi connectivity index (χ0) is 12.3. The second-order valence-electron chi connectivity index (χ2n) is 3.87. The lowest BCUT2D eigenvalue weighted by Crippen LogP contribution is -2.33. The zero-order valence-corrected chi connectivity index (χ0v) is 9.64. The van der Waals surface area contributed by atoms with Crippen LogP contribution >= 0.6 is 0 Å². The number of carbonyl (C=O) groups excluding carboxylic acids is 1. The monoisotopic (exact) mass is 221 g/mol. The average molecular weight is 221 g/mol. The Morgan fingerprint density at radius 2 is 2.38 bits per heavy atom. The summed E-state index contributed by atoms with van der Waals surface area (Å²) >= 11 is 0. The summed E-state index contributed by atoms with van der Waals surface area (Å²) in [4.78, 5) is 13.3. The van der Waals surface area contributed by atoms with Crippen molar-refractivity contribution in [2.45, 2.75) is 13.0 Å². The minimum atomic E-state index is -0.565. The highest BCUT2D eigenvalue weighted by molar-refractivity contribution is 5.93. The normalized spacial score (nSPS) is 11.9. The number of aryl methyl sites for hydroxylation is 1. The Morgan fingerprint density at radius 3 is 2.81 bits per heavy atom. The van der Waals surface area contributed by atoms with Gasteiger partial charge in [0.15, 0.2) is 0 Å². The Labute approximate surface area is 94.5 Å². The Balaban J connectivity index is 2.88. The van der Waals surface area contributed by atoms with E-state index >= 15 is 0 Å². The van der Waals surface area contributed by atoms with Crippen LogP contribution in [0.3, 0.4) is 0 Å². The van der Waals surface area contributed by atoms with Gasteiger partial charge in [-0.15, -0.1) is 0 Å². The maximum atomic E-state index is 11.9. The molecule has 0 saturated carbocycles. The maximum Gasteiger partial charge on any atom is 0.270 e. The van der Waals surface area contributed by atoms with Crippen LogP contribution in [-0.4, -0.2) is 40.2 Å². The Bertz CT molecular complexity index is 429. The van der Waals surface area contributed by atoms with Crippen LogP contribution in [-0.2, 0) is 7.05 Å². The van der Waals surface area contributed by atoms with Crippen LogP contribution in [0.4, 0.5) is 0 Å². The molecule has 5 heteroatoms. The van der Waals surface area contributed by atoms with Crippen molar-refractivity contribution in [2.75, 3.05) is 13.6 Å². The van der Waals surface area contributed by atoms with E-state index in [1.165, 1.54) is 4.90 Å². The second kappa shape index (κ2) is 4.81. The van der Waals surface area contributed by atoms with Gasteiger partial charge in [0.05, 0.1) is 11.7 Å². The molecular formula is C11H15N3O2. The Morgan fingerprint density at radius 1 is 1.75 bits per heavy atom. The highest BCUT2D eigenvalue weighted by Crippen LogP contribution is 2.08. The van der Waals surface area contributed by atoms with Crippen molar-refractivity contribution in [3.8, 4) is 6.07 Å². The van der Waals surface area contributed by atoms with Gasteiger partial charge in [-0.3, -0.25) is 4.79 Å².